The van der Waals surface area contributed by atoms with Crippen molar-refractivity contribution in [1.82, 2.24) is 16.0 Å². The van der Waals surface area contributed by atoms with Crippen LogP contribution < -0.4 is 16.0 Å². The second-order valence-electron chi connectivity index (χ2n) is 6.65. The molecule has 6 heteroatoms. The van der Waals surface area contributed by atoms with E-state index in [1.165, 1.54) is 5.56 Å². The third kappa shape index (κ3) is 6.91. The summed E-state index contributed by atoms with van der Waals surface area (Å²) in [5.74, 6) is 0.781. The predicted molar refractivity (Wildman–Crippen MR) is 104 cm³/mol. The zero-order chi connectivity index (χ0) is 18.2. The highest BCUT2D eigenvalue weighted by Crippen LogP contribution is 2.22. The predicted octanol–water partition coefficient (Wildman–Crippen LogP) is 3.23. The molecule has 0 saturated heterocycles. The first-order chi connectivity index (χ1) is 11.3. The highest BCUT2D eigenvalue weighted by molar-refractivity contribution is 9.10. The molecule has 0 aliphatic heterocycles. The van der Waals surface area contributed by atoms with Crippen LogP contribution in [0.5, 0.6) is 0 Å². The van der Waals surface area contributed by atoms with E-state index in [9.17, 15) is 4.79 Å². The van der Waals surface area contributed by atoms with Gasteiger partial charge < -0.3 is 16.0 Å². The smallest absolute Gasteiger partial charge is 0.225 e. The van der Waals surface area contributed by atoms with Gasteiger partial charge in [0.1, 0.15) is 0 Å². The van der Waals surface area contributed by atoms with E-state index >= 15 is 0 Å². The summed E-state index contributed by atoms with van der Waals surface area (Å²) < 4.78 is 1.07. The maximum absolute atomic E-state index is 11.8. The van der Waals surface area contributed by atoms with Gasteiger partial charge in [-0.15, -0.1) is 0 Å². The third-order valence-corrected chi connectivity index (χ3v) is 4.14. The molecule has 1 aromatic carbocycles. The van der Waals surface area contributed by atoms with Crippen LogP contribution in [-0.2, 0) is 4.79 Å². The maximum atomic E-state index is 11.8. The molecule has 0 radical (unpaired) electrons. The highest BCUT2D eigenvalue weighted by atomic mass is 79.9. The number of rotatable bonds is 6. The largest absolute Gasteiger partial charge is 0.357 e. The van der Waals surface area contributed by atoms with Gasteiger partial charge in [0.05, 0.1) is 12.6 Å². The van der Waals surface area contributed by atoms with Crippen molar-refractivity contribution in [2.45, 2.75) is 40.7 Å². The van der Waals surface area contributed by atoms with Crippen molar-refractivity contribution in [3.63, 3.8) is 0 Å². The first-order valence-corrected chi connectivity index (χ1v) is 9.12. The lowest BCUT2D eigenvalue weighted by Crippen LogP contribution is -2.40. The van der Waals surface area contributed by atoms with Crippen molar-refractivity contribution in [3.05, 3.63) is 34.3 Å². The number of carbonyl (C=O) groups is 1. The molecule has 24 heavy (non-hydrogen) atoms. The number of hydrogen-bond acceptors (Lipinski definition) is 2. The molecular weight excluding hydrogens is 368 g/mol. The molecule has 0 heterocycles. The number of hydrogen-bond donors (Lipinski definition) is 3. The normalized spacial score (nSPS) is 13.3. The van der Waals surface area contributed by atoms with Gasteiger partial charge in [-0.05, 0) is 25.5 Å². The molecule has 5 nitrogen and oxygen atoms in total. The fourth-order valence-corrected chi connectivity index (χ4v) is 2.66. The Labute approximate surface area is 153 Å². The van der Waals surface area contributed by atoms with E-state index in [0.29, 0.717) is 13.1 Å². The number of nitrogens with one attached hydrogen (secondary N) is 3. The fraction of sp³-hybridized carbons (Fsp3) is 0.556. The Bertz CT molecular complexity index is 566. The molecule has 1 rings (SSSR count). The van der Waals surface area contributed by atoms with E-state index in [4.69, 9.17) is 0 Å². The molecule has 134 valence electrons. The summed E-state index contributed by atoms with van der Waals surface area (Å²) in [5, 5.41) is 9.53. The number of guanidine groups is 1. The summed E-state index contributed by atoms with van der Waals surface area (Å²) in [6, 6.07) is 8.23. The van der Waals surface area contributed by atoms with Gasteiger partial charge in [0.15, 0.2) is 5.96 Å². The molecule has 1 amide bonds. The molecular formula is C18H29BrN4O. The van der Waals surface area contributed by atoms with Gasteiger partial charge in [-0.2, -0.15) is 0 Å². The van der Waals surface area contributed by atoms with Gasteiger partial charge in [-0.3, -0.25) is 9.79 Å². The Morgan fingerprint density at radius 2 is 1.92 bits per heavy atom. The fourth-order valence-electron chi connectivity index (χ4n) is 2.03. The molecule has 1 atom stereocenters. The standard InChI is InChI=1S/C18H29BrN4O/c1-6-20-17(22-12-11-21-16(24)18(3,4)5)23-13(2)14-9-7-8-10-15(14)19/h7-10,13H,6,11-12H2,1-5H3,(H,21,24)(H2,20,22,23). The van der Waals surface area contributed by atoms with Crippen LogP contribution in [0.4, 0.5) is 0 Å². The maximum Gasteiger partial charge on any atom is 0.225 e. The van der Waals surface area contributed by atoms with Gasteiger partial charge in [-0.1, -0.05) is 54.9 Å². The zero-order valence-electron chi connectivity index (χ0n) is 15.2. The summed E-state index contributed by atoms with van der Waals surface area (Å²) in [4.78, 5) is 16.4. The summed E-state index contributed by atoms with van der Waals surface area (Å²) in [7, 11) is 0. The van der Waals surface area contributed by atoms with Gasteiger partial charge in [-0.25, -0.2) is 0 Å². The van der Waals surface area contributed by atoms with E-state index in [1.807, 2.05) is 45.9 Å². The van der Waals surface area contributed by atoms with Crippen LogP contribution in [0.15, 0.2) is 33.7 Å². The lowest BCUT2D eigenvalue weighted by atomic mass is 9.96. The Kier molecular flexibility index (Phi) is 8.25. The number of carbonyl (C=O) groups excluding carboxylic acids is 1. The number of nitrogens with zero attached hydrogens (tertiary/aromatic N) is 1. The average Bonchev–Trinajstić information content (AvgIpc) is 2.50. The molecule has 3 N–H and O–H groups in total. The van der Waals surface area contributed by atoms with Gasteiger partial charge in [0, 0.05) is 23.0 Å². The van der Waals surface area contributed by atoms with E-state index < -0.39 is 0 Å². The monoisotopic (exact) mass is 396 g/mol. The van der Waals surface area contributed by atoms with Gasteiger partial charge in [0.25, 0.3) is 0 Å². The van der Waals surface area contributed by atoms with Gasteiger partial charge in [0.2, 0.25) is 5.91 Å². The summed E-state index contributed by atoms with van der Waals surface area (Å²) >= 11 is 3.58. The summed E-state index contributed by atoms with van der Waals surface area (Å²) in [6.07, 6.45) is 0. The van der Waals surface area contributed by atoms with Crippen LogP contribution in [-0.4, -0.2) is 31.5 Å². The zero-order valence-corrected chi connectivity index (χ0v) is 16.8. The van der Waals surface area contributed by atoms with E-state index in [-0.39, 0.29) is 17.4 Å². The summed E-state index contributed by atoms with van der Waals surface area (Å²) in [5.41, 5.74) is 0.796. The number of benzene rings is 1. The molecule has 0 bridgehead atoms. The molecule has 0 aliphatic carbocycles. The second-order valence-corrected chi connectivity index (χ2v) is 7.51. The van der Waals surface area contributed by atoms with Crippen molar-refractivity contribution in [2.75, 3.05) is 19.6 Å². The van der Waals surface area contributed by atoms with Crippen LogP contribution in [0.3, 0.4) is 0 Å². The van der Waals surface area contributed by atoms with Crippen LogP contribution in [0.2, 0.25) is 0 Å². The van der Waals surface area contributed by atoms with E-state index in [0.717, 1.165) is 17.0 Å². The second kappa shape index (κ2) is 9.67. The van der Waals surface area contributed by atoms with E-state index in [1.54, 1.807) is 0 Å². The Hall–Kier alpha value is -1.56. The first kappa shape index (κ1) is 20.5. The Morgan fingerprint density at radius 1 is 1.25 bits per heavy atom. The third-order valence-electron chi connectivity index (χ3n) is 3.42. The van der Waals surface area contributed by atoms with E-state index in [2.05, 4.69) is 49.9 Å². The molecule has 1 unspecified atom stereocenters. The van der Waals surface area contributed by atoms with Crippen molar-refractivity contribution in [1.29, 1.82) is 0 Å². The molecule has 0 saturated carbocycles. The first-order valence-electron chi connectivity index (χ1n) is 8.33. The number of amides is 1. The minimum absolute atomic E-state index is 0.0391. The number of halogens is 1. The topological polar surface area (TPSA) is 65.5 Å². The lowest BCUT2D eigenvalue weighted by molar-refractivity contribution is -0.128. The Balaban J connectivity index is 2.60. The minimum Gasteiger partial charge on any atom is -0.357 e. The van der Waals surface area contributed by atoms with Crippen LogP contribution in [0.1, 0.15) is 46.2 Å². The highest BCUT2D eigenvalue weighted by Gasteiger charge is 2.20. The molecule has 1 aromatic rings. The van der Waals surface area contributed by atoms with Crippen LogP contribution >= 0.6 is 15.9 Å². The molecule has 0 fully saturated rings. The van der Waals surface area contributed by atoms with Crippen molar-refractivity contribution in [3.8, 4) is 0 Å². The minimum atomic E-state index is -0.374. The molecule has 0 aromatic heterocycles. The van der Waals surface area contributed by atoms with Crippen molar-refractivity contribution >= 4 is 27.8 Å². The molecule has 0 spiro atoms. The average molecular weight is 397 g/mol. The molecule has 0 aliphatic rings. The van der Waals surface area contributed by atoms with Crippen LogP contribution in [0.25, 0.3) is 0 Å². The SMILES string of the molecule is CCNC(=NCCNC(=O)C(C)(C)C)NC(C)c1ccccc1Br. The quantitative estimate of drug-likeness (QED) is 0.392. The van der Waals surface area contributed by atoms with Crippen molar-refractivity contribution in [2.24, 2.45) is 10.4 Å². The Morgan fingerprint density at radius 3 is 2.50 bits per heavy atom. The number of aliphatic imine (C=N–C) groups is 1. The van der Waals surface area contributed by atoms with Gasteiger partial charge >= 0.3 is 0 Å². The lowest BCUT2D eigenvalue weighted by Gasteiger charge is -2.20. The summed E-state index contributed by atoms with van der Waals surface area (Å²) in [6.45, 7) is 11.7. The van der Waals surface area contributed by atoms with Crippen LogP contribution in [0, 0.1) is 5.41 Å². The van der Waals surface area contributed by atoms with Crippen molar-refractivity contribution < 1.29 is 4.79 Å².